The number of aromatic nitrogens is 2. The fraction of sp³-hybridized carbons (Fsp3) is 0.250. The summed E-state index contributed by atoms with van der Waals surface area (Å²) in [6, 6.07) is 5.07. The first kappa shape index (κ1) is 12.1. The maximum absolute atomic E-state index is 12.1. The first-order chi connectivity index (χ1) is 8.72. The highest BCUT2D eigenvalue weighted by atomic mass is 16.1. The van der Waals surface area contributed by atoms with Gasteiger partial charge in [0.2, 0.25) is 6.41 Å². The van der Waals surface area contributed by atoms with Crippen molar-refractivity contribution < 1.29 is 4.79 Å². The Morgan fingerprint density at radius 2 is 2.28 bits per heavy atom. The van der Waals surface area contributed by atoms with Crippen LogP contribution in [0.25, 0.3) is 10.9 Å². The Morgan fingerprint density at radius 1 is 1.44 bits per heavy atom. The van der Waals surface area contributed by atoms with Crippen LogP contribution in [0.2, 0.25) is 0 Å². The Labute approximate surface area is 103 Å². The van der Waals surface area contributed by atoms with E-state index in [4.69, 9.17) is 5.73 Å². The quantitative estimate of drug-likeness (QED) is 0.445. The molecular formula is C12H14N4O2. The molecule has 3 N–H and O–H groups in total. The van der Waals surface area contributed by atoms with Gasteiger partial charge in [0, 0.05) is 18.8 Å². The van der Waals surface area contributed by atoms with E-state index in [1.54, 1.807) is 18.2 Å². The predicted octanol–water partition coefficient (Wildman–Crippen LogP) is 0.115. The topological polar surface area (TPSA) is 90.0 Å². The molecule has 6 heteroatoms. The monoisotopic (exact) mass is 246 g/mol. The van der Waals surface area contributed by atoms with Crippen LogP contribution >= 0.6 is 0 Å². The molecule has 0 saturated carbocycles. The van der Waals surface area contributed by atoms with Gasteiger partial charge in [-0.05, 0) is 24.6 Å². The molecule has 0 aliphatic rings. The number of hydrogen-bond acceptors (Lipinski definition) is 4. The number of nitrogens with zero attached hydrogens (tertiary/aromatic N) is 2. The fourth-order valence-electron chi connectivity index (χ4n) is 1.75. The number of nitrogens with two attached hydrogens (primary N) is 1. The van der Waals surface area contributed by atoms with Crippen LogP contribution in [-0.4, -0.2) is 22.5 Å². The number of nitrogen functional groups attached to an aromatic ring is 1. The van der Waals surface area contributed by atoms with Crippen LogP contribution in [0.1, 0.15) is 6.42 Å². The van der Waals surface area contributed by atoms with Gasteiger partial charge >= 0.3 is 0 Å². The third-order valence-electron chi connectivity index (χ3n) is 2.65. The summed E-state index contributed by atoms with van der Waals surface area (Å²) in [6.07, 6.45) is 2.83. The maximum atomic E-state index is 12.1. The van der Waals surface area contributed by atoms with Crippen LogP contribution in [0.3, 0.4) is 0 Å². The lowest BCUT2D eigenvalue weighted by molar-refractivity contribution is -0.109. The highest BCUT2D eigenvalue weighted by molar-refractivity contribution is 5.80. The van der Waals surface area contributed by atoms with Crippen LogP contribution < -0.4 is 16.6 Å². The minimum atomic E-state index is -0.113. The van der Waals surface area contributed by atoms with Crippen molar-refractivity contribution in [1.82, 2.24) is 14.9 Å². The number of carbonyl (C=O) groups excluding carboxylic acids is 1. The largest absolute Gasteiger partial charge is 0.399 e. The van der Waals surface area contributed by atoms with Crippen LogP contribution in [0.5, 0.6) is 0 Å². The van der Waals surface area contributed by atoms with E-state index in [1.165, 1.54) is 10.9 Å². The molecule has 0 unspecified atom stereocenters. The zero-order valence-electron chi connectivity index (χ0n) is 9.80. The van der Waals surface area contributed by atoms with Crippen LogP contribution in [-0.2, 0) is 11.3 Å². The molecule has 0 fully saturated rings. The number of aryl methyl sites for hydroxylation is 1. The van der Waals surface area contributed by atoms with Gasteiger partial charge in [-0.25, -0.2) is 4.98 Å². The number of hydrogen-bond donors (Lipinski definition) is 2. The maximum Gasteiger partial charge on any atom is 0.261 e. The van der Waals surface area contributed by atoms with Crippen molar-refractivity contribution in [3.05, 3.63) is 34.9 Å². The summed E-state index contributed by atoms with van der Waals surface area (Å²) in [6.45, 7) is 1.04. The number of amides is 1. The highest BCUT2D eigenvalue weighted by Gasteiger charge is 2.04. The Hall–Kier alpha value is -2.37. The normalized spacial score (nSPS) is 10.4. The summed E-state index contributed by atoms with van der Waals surface area (Å²) in [5.41, 5.74) is 6.72. The lowest BCUT2D eigenvalue weighted by atomic mass is 10.2. The smallest absolute Gasteiger partial charge is 0.261 e. The van der Waals surface area contributed by atoms with Gasteiger partial charge < -0.3 is 11.1 Å². The van der Waals surface area contributed by atoms with Gasteiger partial charge in [0.15, 0.2) is 0 Å². The van der Waals surface area contributed by atoms with Gasteiger partial charge in [-0.1, -0.05) is 0 Å². The third kappa shape index (κ3) is 2.48. The number of rotatable bonds is 5. The minimum Gasteiger partial charge on any atom is -0.399 e. The Morgan fingerprint density at radius 3 is 3.06 bits per heavy atom. The van der Waals surface area contributed by atoms with Gasteiger partial charge in [0.25, 0.3) is 5.56 Å². The van der Waals surface area contributed by atoms with Crippen molar-refractivity contribution in [2.45, 2.75) is 13.0 Å². The SMILES string of the molecule is Nc1ccc2ncn(CCCNC=O)c(=O)c2c1. The summed E-state index contributed by atoms with van der Waals surface area (Å²) >= 11 is 0. The predicted molar refractivity (Wildman–Crippen MR) is 69.1 cm³/mol. The summed E-state index contributed by atoms with van der Waals surface area (Å²) in [5, 5.41) is 3.06. The molecule has 2 aromatic rings. The second kappa shape index (κ2) is 5.31. The molecule has 0 radical (unpaired) electrons. The van der Waals surface area contributed by atoms with Crippen molar-refractivity contribution in [3.63, 3.8) is 0 Å². The summed E-state index contributed by atoms with van der Waals surface area (Å²) in [5.74, 6) is 0. The highest BCUT2D eigenvalue weighted by Crippen LogP contribution is 2.10. The zero-order chi connectivity index (χ0) is 13.0. The van der Waals surface area contributed by atoms with Crippen LogP contribution in [0.4, 0.5) is 5.69 Å². The Kier molecular flexibility index (Phi) is 3.57. The van der Waals surface area contributed by atoms with Crippen molar-refractivity contribution in [3.8, 4) is 0 Å². The van der Waals surface area contributed by atoms with Crippen molar-refractivity contribution in [1.29, 1.82) is 0 Å². The number of carbonyl (C=O) groups is 1. The van der Waals surface area contributed by atoms with E-state index >= 15 is 0 Å². The molecule has 94 valence electrons. The summed E-state index contributed by atoms with van der Waals surface area (Å²) in [4.78, 5) is 26.4. The van der Waals surface area contributed by atoms with Crippen molar-refractivity contribution in [2.75, 3.05) is 12.3 Å². The zero-order valence-corrected chi connectivity index (χ0v) is 9.80. The summed E-state index contributed by atoms with van der Waals surface area (Å²) in [7, 11) is 0. The summed E-state index contributed by atoms with van der Waals surface area (Å²) < 4.78 is 1.52. The molecule has 2 rings (SSSR count). The molecule has 0 spiro atoms. The Bertz CT molecular complexity index is 621. The molecule has 0 saturated heterocycles. The molecule has 1 aromatic heterocycles. The lowest BCUT2D eigenvalue weighted by Crippen LogP contribution is -2.23. The second-order valence-corrected chi connectivity index (χ2v) is 3.95. The molecule has 0 atom stereocenters. The first-order valence-corrected chi connectivity index (χ1v) is 5.64. The number of anilines is 1. The molecule has 1 amide bonds. The fourth-order valence-corrected chi connectivity index (χ4v) is 1.75. The molecule has 1 heterocycles. The Balaban J connectivity index is 2.27. The number of nitrogens with one attached hydrogen (secondary N) is 1. The van der Waals surface area contributed by atoms with Gasteiger partial charge in [-0.15, -0.1) is 0 Å². The standard InChI is InChI=1S/C12H14N4O2/c13-9-2-3-11-10(6-9)12(18)16(7-15-11)5-1-4-14-8-17/h2-3,6-8H,1,4-5,13H2,(H,14,17). The van der Waals surface area contributed by atoms with Gasteiger partial charge in [0.05, 0.1) is 17.2 Å². The molecule has 0 bridgehead atoms. The van der Waals surface area contributed by atoms with Gasteiger partial charge in [-0.2, -0.15) is 0 Å². The van der Waals surface area contributed by atoms with E-state index in [1.807, 2.05) is 0 Å². The number of benzene rings is 1. The average Bonchev–Trinajstić information content (AvgIpc) is 2.38. The van der Waals surface area contributed by atoms with Gasteiger partial charge in [0.1, 0.15) is 0 Å². The van der Waals surface area contributed by atoms with Crippen molar-refractivity contribution >= 4 is 23.0 Å². The third-order valence-corrected chi connectivity index (χ3v) is 2.65. The molecule has 6 nitrogen and oxygen atoms in total. The number of fused-ring (bicyclic) bond motifs is 1. The van der Waals surface area contributed by atoms with Crippen LogP contribution in [0.15, 0.2) is 29.3 Å². The first-order valence-electron chi connectivity index (χ1n) is 5.64. The van der Waals surface area contributed by atoms with E-state index in [2.05, 4.69) is 10.3 Å². The molecule has 0 aliphatic carbocycles. The van der Waals surface area contributed by atoms with E-state index < -0.39 is 0 Å². The molecular weight excluding hydrogens is 232 g/mol. The average molecular weight is 246 g/mol. The lowest BCUT2D eigenvalue weighted by Gasteiger charge is -2.06. The van der Waals surface area contributed by atoms with E-state index in [0.717, 1.165) is 0 Å². The van der Waals surface area contributed by atoms with Crippen LogP contribution in [0, 0.1) is 0 Å². The molecule has 1 aromatic carbocycles. The van der Waals surface area contributed by atoms with E-state index in [-0.39, 0.29) is 5.56 Å². The van der Waals surface area contributed by atoms with E-state index in [0.29, 0.717) is 42.5 Å². The molecule has 0 aliphatic heterocycles. The second-order valence-electron chi connectivity index (χ2n) is 3.95. The van der Waals surface area contributed by atoms with Crippen molar-refractivity contribution in [2.24, 2.45) is 0 Å². The molecule has 18 heavy (non-hydrogen) atoms. The minimum absolute atomic E-state index is 0.113. The van der Waals surface area contributed by atoms with Gasteiger partial charge in [-0.3, -0.25) is 14.2 Å². The van der Waals surface area contributed by atoms with E-state index in [9.17, 15) is 9.59 Å².